The van der Waals surface area contributed by atoms with E-state index >= 15 is 0 Å². The van der Waals surface area contributed by atoms with Gasteiger partial charge < -0.3 is 5.32 Å². The largest absolute Gasteiger partial charge is 0.381 e. The zero-order valence-corrected chi connectivity index (χ0v) is 9.66. The van der Waals surface area contributed by atoms with Gasteiger partial charge in [-0.1, -0.05) is 17.7 Å². The topological polar surface area (TPSA) is 12.0 Å². The number of nitrogens with one attached hydrogen (secondary N) is 1. The van der Waals surface area contributed by atoms with E-state index in [1.54, 1.807) is 0 Å². The quantitative estimate of drug-likeness (QED) is 0.799. The van der Waals surface area contributed by atoms with E-state index in [1.165, 1.54) is 34.7 Å². The first-order chi connectivity index (χ1) is 6.75. The zero-order valence-electron chi connectivity index (χ0n) is 8.84. The Morgan fingerprint density at radius 3 is 2.86 bits per heavy atom. The average Bonchev–Trinajstić information content (AvgIpc) is 2.62. The normalized spacial score (nSPS) is 21.1. The molecule has 1 nitrogen and oxygen atoms in total. The molecule has 0 aliphatic carbocycles. The zero-order chi connectivity index (χ0) is 9.97. The summed E-state index contributed by atoms with van der Waals surface area (Å²) in [5.74, 6) is 2.57. The summed E-state index contributed by atoms with van der Waals surface area (Å²) in [4.78, 5) is 0. The van der Waals surface area contributed by atoms with E-state index in [9.17, 15) is 0 Å². The Bertz CT molecular complexity index is 316. The van der Waals surface area contributed by atoms with Gasteiger partial charge in [-0.15, -0.1) is 0 Å². The Kier molecular flexibility index (Phi) is 3.02. The minimum atomic E-state index is 0.682. The molecule has 1 aromatic carbocycles. The minimum Gasteiger partial charge on any atom is -0.381 e. The van der Waals surface area contributed by atoms with Crippen LogP contribution in [0.25, 0.3) is 0 Å². The molecule has 1 atom stereocenters. The van der Waals surface area contributed by atoms with Gasteiger partial charge in [0.15, 0.2) is 0 Å². The highest BCUT2D eigenvalue weighted by Crippen LogP contribution is 2.23. The Hall–Kier alpha value is -0.630. The standard InChI is InChI=1S/C12H17NS/c1-9-3-4-12(10(2)7-9)13-11-5-6-14-8-11/h3-4,7,11,13H,5-6,8H2,1-2H3. The van der Waals surface area contributed by atoms with E-state index in [-0.39, 0.29) is 0 Å². The molecular formula is C12H17NS. The van der Waals surface area contributed by atoms with E-state index in [4.69, 9.17) is 0 Å². The number of benzene rings is 1. The van der Waals surface area contributed by atoms with E-state index in [1.807, 2.05) is 11.8 Å². The molecule has 1 aromatic rings. The van der Waals surface area contributed by atoms with Crippen LogP contribution < -0.4 is 5.32 Å². The molecule has 0 spiro atoms. The fourth-order valence-electron chi connectivity index (χ4n) is 1.84. The van der Waals surface area contributed by atoms with Crippen LogP contribution in [0.1, 0.15) is 17.5 Å². The van der Waals surface area contributed by atoms with Crippen LogP contribution in [0.5, 0.6) is 0 Å². The summed E-state index contributed by atoms with van der Waals surface area (Å²) in [6.07, 6.45) is 1.30. The van der Waals surface area contributed by atoms with Gasteiger partial charge in [0.1, 0.15) is 0 Å². The highest BCUT2D eigenvalue weighted by Gasteiger charge is 2.15. The summed E-state index contributed by atoms with van der Waals surface area (Å²) in [6.45, 7) is 4.32. The van der Waals surface area contributed by atoms with E-state index < -0.39 is 0 Å². The summed E-state index contributed by atoms with van der Waals surface area (Å²) in [5.41, 5.74) is 4.01. The summed E-state index contributed by atoms with van der Waals surface area (Å²) in [7, 11) is 0. The fourth-order valence-corrected chi connectivity index (χ4v) is 3.00. The van der Waals surface area contributed by atoms with Gasteiger partial charge in [0.25, 0.3) is 0 Å². The molecular weight excluding hydrogens is 190 g/mol. The maximum atomic E-state index is 3.62. The minimum absolute atomic E-state index is 0.682. The molecule has 1 fully saturated rings. The first kappa shape index (κ1) is 9.91. The average molecular weight is 207 g/mol. The van der Waals surface area contributed by atoms with Gasteiger partial charge in [-0.05, 0) is 37.7 Å². The van der Waals surface area contributed by atoms with E-state index in [0.717, 1.165) is 0 Å². The van der Waals surface area contributed by atoms with Crippen molar-refractivity contribution in [2.45, 2.75) is 26.3 Å². The smallest absolute Gasteiger partial charge is 0.0372 e. The third-order valence-corrected chi connectivity index (χ3v) is 3.83. The van der Waals surface area contributed by atoms with Crippen LogP contribution in [-0.2, 0) is 0 Å². The molecule has 1 saturated heterocycles. The molecule has 1 aliphatic rings. The lowest BCUT2D eigenvalue weighted by atomic mass is 10.1. The second-order valence-corrected chi connectivity index (χ2v) is 5.17. The van der Waals surface area contributed by atoms with Crippen molar-refractivity contribution in [2.24, 2.45) is 0 Å². The Morgan fingerprint density at radius 1 is 1.36 bits per heavy atom. The summed E-state index contributed by atoms with van der Waals surface area (Å²) < 4.78 is 0. The molecule has 0 radical (unpaired) electrons. The van der Waals surface area contributed by atoms with Gasteiger partial charge in [-0.3, -0.25) is 0 Å². The lowest BCUT2D eigenvalue weighted by Gasteiger charge is -2.15. The van der Waals surface area contributed by atoms with Gasteiger partial charge in [-0.2, -0.15) is 11.8 Å². The predicted octanol–water partition coefficient (Wildman–Crippen LogP) is 3.22. The predicted molar refractivity (Wildman–Crippen MR) is 65.3 cm³/mol. The van der Waals surface area contributed by atoms with Crippen LogP contribution in [0.2, 0.25) is 0 Å². The first-order valence-corrected chi connectivity index (χ1v) is 6.33. The van der Waals surface area contributed by atoms with Crippen molar-refractivity contribution in [2.75, 3.05) is 16.8 Å². The van der Waals surface area contributed by atoms with Crippen LogP contribution in [0.4, 0.5) is 5.69 Å². The molecule has 14 heavy (non-hydrogen) atoms. The number of hydrogen-bond acceptors (Lipinski definition) is 2. The van der Waals surface area contributed by atoms with E-state index in [0.29, 0.717) is 6.04 Å². The number of aryl methyl sites for hydroxylation is 2. The second-order valence-electron chi connectivity index (χ2n) is 4.02. The fraction of sp³-hybridized carbons (Fsp3) is 0.500. The van der Waals surface area contributed by atoms with Gasteiger partial charge in [0.05, 0.1) is 0 Å². The summed E-state index contributed by atoms with van der Waals surface area (Å²) in [6, 6.07) is 7.30. The summed E-state index contributed by atoms with van der Waals surface area (Å²) in [5, 5.41) is 3.62. The molecule has 0 aromatic heterocycles. The third kappa shape index (κ3) is 2.24. The Balaban J connectivity index is 2.08. The maximum absolute atomic E-state index is 3.62. The van der Waals surface area contributed by atoms with Crippen molar-refractivity contribution >= 4 is 17.4 Å². The lowest BCUT2D eigenvalue weighted by molar-refractivity contribution is 0.811. The molecule has 2 rings (SSSR count). The van der Waals surface area contributed by atoms with Crippen molar-refractivity contribution in [3.05, 3.63) is 29.3 Å². The molecule has 0 saturated carbocycles. The van der Waals surface area contributed by atoms with Crippen molar-refractivity contribution in [3.8, 4) is 0 Å². The highest BCUT2D eigenvalue weighted by atomic mass is 32.2. The van der Waals surface area contributed by atoms with Gasteiger partial charge in [0.2, 0.25) is 0 Å². The molecule has 2 heteroatoms. The second kappa shape index (κ2) is 4.26. The molecule has 0 bridgehead atoms. The molecule has 1 aliphatic heterocycles. The maximum Gasteiger partial charge on any atom is 0.0372 e. The third-order valence-electron chi connectivity index (χ3n) is 2.67. The van der Waals surface area contributed by atoms with Crippen LogP contribution in [0, 0.1) is 13.8 Å². The SMILES string of the molecule is Cc1ccc(NC2CCSC2)c(C)c1. The molecule has 1 heterocycles. The van der Waals surface area contributed by atoms with Crippen LogP contribution in [-0.4, -0.2) is 17.5 Å². The first-order valence-electron chi connectivity index (χ1n) is 5.17. The summed E-state index contributed by atoms with van der Waals surface area (Å²) >= 11 is 2.05. The number of hydrogen-bond donors (Lipinski definition) is 1. The molecule has 76 valence electrons. The van der Waals surface area contributed by atoms with Gasteiger partial charge in [-0.25, -0.2) is 0 Å². The van der Waals surface area contributed by atoms with Crippen molar-refractivity contribution < 1.29 is 0 Å². The van der Waals surface area contributed by atoms with E-state index in [2.05, 4.69) is 37.4 Å². The number of thioether (sulfide) groups is 1. The molecule has 1 N–H and O–H groups in total. The van der Waals surface area contributed by atoms with Crippen molar-refractivity contribution in [3.63, 3.8) is 0 Å². The van der Waals surface area contributed by atoms with Crippen LogP contribution in [0.3, 0.4) is 0 Å². The Morgan fingerprint density at radius 2 is 2.21 bits per heavy atom. The Labute approximate surface area is 90.3 Å². The number of anilines is 1. The van der Waals surface area contributed by atoms with Crippen molar-refractivity contribution in [1.82, 2.24) is 0 Å². The van der Waals surface area contributed by atoms with Crippen LogP contribution in [0.15, 0.2) is 18.2 Å². The molecule has 1 unspecified atom stereocenters. The highest BCUT2D eigenvalue weighted by molar-refractivity contribution is 7.99. The number of rotatable bonds is 2. The van der Waals surface area contributed by atoms with Crippen molar-refractivity contribution in [1.29, 1.82) is 0 Å². The monoisotopic (exact) mass is 207 g/mol. The lowest BCUT2D eigenvalue weighted by Crippen LogP contribution is -2.18. The van der Waals surface area contributed by atoms with Gasteiger partial charge >= 0.3 is 0 Å². The van der Waals surface area contributed by atoms with Crippen LogP contribution >= 0.6 is 11.8 Å². The van der Waals surface area contributed by atoms with Gasteiger partial charge in [0, 0.05) is 17.5 Å². The molecule has 0 amide bonds.